The Hall–Kier alpha value is -0.747. The first-order chi connectivity index (χ1) is 17.8. The van der Waals surface area contributed by atoms with E-state index in [1.165, 1.54) is 83.5 Å². The van der Waals surface area contributed by atoms with Gasteiger partial charge in [-0.3, -0.25) is 0 Å². The Morgan fingerprint density at radius 1 is 0.921 bits per heavy atom. The third-order valence-corrected chi connectivity index (χ3v) is 18.6. The van der Waals surface area contributed by atoms with Gasteiger partial charge in [0, 0.05) is 0 Å². The Balaban J connectivity index is 0.00000168. The summed E-state index contributed by atoms with van der Waals surface area (Å²) in [5.41, 5.74) is 10.4. The molecule has 0 N–H and O–H groups in total. The van der Waals surface area contributed by atoms with Gasteiger partial charge in [-0.05, 0) is 0 Å². The second kappa shape index (κ2) is 13.7. The average molecular weight is 627 g/mol. The van der Waals surface area contributed by atoms with E-state index in [1.54, 1.807) is 27.8 Å². The molecule has 0 radical (unpaired) electrons. The average Bonchev–Trinajstić information content (AvgIpc) is 3.59. The van der Waals surface area contributed by atoms with Crippen LogP contribution in [0.15, 0.2) is 74.6 Å². The summed E-state index contributed by atoms with van der Waals surface area (Å²) < 4.78 is 4.92. The van der Waals surface area contributed by atoms with Crippen molar-refractivity contribution >= 4 is 8.78 Å². The second-order valence-electron chi connectivity index (χ2n) is 11.8. The largest absolute Gasteiger partial charge is 1.00 e. The first-order valence-electron chi connectivity index (χ1n) is 15.1. The SMILES string of the molecule is CCCC[C](CCCC)=[Zr+2]([C]1=CC=CC1)[CH]1CCCC2C1=C1Cc3ccccc3C1=C1C=CCCC12.[Cl-].[Cl-]. The summed E-state index contributed by atoms with van der Waals surface area (Å²) >= 11 is -2.01. The van der Waals surface area contributed by atoms with Gasteiger partial charge in [-0.25, -0.2) is 0 Å². The van der Waals surface area contributed by atoms with Crippen molar-refractivity contribution in [2.75, 3.05) is 0 Å². The Morgan fingerprint density at radius 3 is 2.45 bits per heavy atom. The molecular weight excluding hydrogens is 583 g/mol. The molecule has 0 bridgehead atoms. The predicted molar refractivity (Wildman–Crippen MR) is 153 cm³/mol. The maximum absolute atomic E-state index is 2.60. The van der Waals surface area contributed by atoms with Crippen molar-refractivity contribution in [3.63, 3.8) is 0 Å². The van der Waals surface area contributed by atoms with Crippen molar-refractivity contribution in [3.8, 4) is 0 Å². The molecule has 0 aliphatic heterocycles. The van der Waals surface area contributed by atoms with Gasteiger partial charge >= 0.3 is 229 Å². The summed E-state index contributed by atoms with van der Waals surface area (Å²) in [5, 5.41) is 0. The standard InChI is InChI=1S/C21H21.C9H18.C5H5.2ClH.Zr/c1-2-8-15-14(7-1)13-20-18-11-4-3-9-16(18)17-10-5-6-12-19(17)21(15)20;1-3-5-7-9-8-6-4-2;1-2-4-5-3-1;;;/h1-2,6-8,11-12,16-17H,3-5,9-10,13H2;3-8H2,1-2H3;1-3H,4H2;2*1H;/q;;;;;+2/p-2. The van der Waals surface area contributed by atoms with E-state index < -0.39 is 21.3 Å². The zero-order valence-corrected chi connectivity index (χ0v) is 27.3. The molecular formula is C35H44Cl2Zr. The molecule has 202 valence electrons. The number of benzene rings is 1. The van der Waals surface area contributed by atoms with Gasteiger partial charge in [-0.1, -0.05) is 0 Å². The minimum absolute atomic E-state index is 0. The van der Waals surface area contributed by atoms with E-state index in [-0.39, 0.29) is 24.8 Å². The minimum atomic E-state index is -2.01. The van der Waals surface area contributed by atoms with Crippen molar-refractivity contribution in [1.82, 2.24) is 0 Å². The van der Waals surface area contributed by atoms with Crippen LogP contribution < -0.4 is 24.8 Å². The van der Waals surface area contributed by atoms with Crippen LogP contribution in [-0.2, 0) is 27.7 Å². The smallest absolute Gasteiger partial charge is 1.00 e. The number of allylic oxidation sites excluding steroid dienone is 10. The van der Waals surface area contributed by atoms with Crippen LogP contribution in [0.3, 0.4) is 0 Å². The van der Waals surface area contributed by atoms with Crippen LogP contribution in [0.2, 0.25) is 3.63 Å². The van der Waals surface area contributed by atoms with Gasteiger partial charge in [0.1, 0.15) is 0 Å². The maximum Gasteiger partial charge on any atom is -1.00 e. The molecule has 6 rings (SSSR count). The first kappa shape index (κ1) is 30.2. The fourth-order valence-corrected chi connectivity index (χ4v) is 18.2. The third kappa shape index (κ3) is 5.56. The molecule has 1 aromatic rings. The topological polar surface area (TPSA) is 0 Å². The van der Waals surface area contributed by atoms with Gasteiger partial charge in [0.25, 0.3) is 0 Å². The number of unbranched alkanes of at least 4 members (excludes halogenated alkanes) is 2. The van der Waals surface area contributed by atoms with Gasteiger partial charge in [0.15, 0.2) is 0 Å². The van der Waals surface area contributed by atoms with Gasteiger partial charge < -0.3 is 24.8 Å². The number of rotatable bonds is 8. The summed E-state index contributed by atoms with van der Waals surface area (Å²) in [6, 6.07) is 9.41. The summed E-state index contributed by atoms with van der Waals surface area (Å²) in [5.74, 6) is 1.59. The minimum Gasteiger partial charge on any atom is -1.00 e. The van der Waals surface area contributed by atoms with Crippen LogP contribution in [0.25, 0.3) is 5.57 Å². The molecule has 5 aliphatic rings. The molecule has 38 heavy (non-hydrogen) atoms. The molecule has 0 saturated heterocycles. The van der Waals surface area contributed by atoms with Crippen molar-refractivity contribution in [2.24, 2.45) is 11.8 Å². The Kier molecular flexibility index (Phi) is 10.9. The quantitative estimate of drug-likeness (QED) is 0.411. The van der Waals surface area contributed by atoms with E-state index in [9.17, 15) is 0 Å². The normalized spacial score (nSPS) is 24.3. The van der Waals surface area contributed by atoms with Crippen molar-refractivity contribution in [1.29, 1.82) is 0 Å². The molecule has 0 nitrogen and oxygen atoms in total. The van der Waals surface area contributed by atoms with Gasteiger partial charge in [-0.15, -0.1) is 0 Å². The summed E-state index contributed by atoms with van der Waals surface area (Å²) in [7, 11) is 0. The number of fused-ring (bicyclic) bond motifs is 6. The monoisotopic (exact) mass is 624 g/mol. The number of halogens is 2. The van der Waals surface area contributed by atoms with Gasteiger partial charge in [0.05, 0.1) is 0 Å². The van der Waals surface area contributed by atoms with Crippen LogP contribution in [0.1, 0.15) is 102 Å². The van der Waals surface area contributed by atoms with Crippen LogP contribution in [0.4, 0.5) is 0 Å². The Bertz CT molecular complexity index is 1200. The van der Waals surface area contributed by atoms with Gasteiger partial charge in [-0.2, -0.15) is 0 Å². The molecule has 0 heterocycles. The zero-order chi connectivity index (χ0) is 24.5. The molecule has 0 spiro atoms. The third-order valence-electron chi connectivity index (χ3n) is 9.71. The molecule has 1 saturated carbocycles. The molecule has 0 amide bonds. The van der Waals surface area contributed by atoms with Crippen molar-refractivity contribution in [3.05, 3.63) is 85.8 Å². The molecule has 0 aromatic heterocycles. The van der Waals surface area contributed by atoms with Crippen LogP contribution in [-0.4, -0.2) is 3.21 Å². The zero-order valence-electron chi connectivity index (χ0n) is 23.4. The molecule has 1 aromatic carbocycles. The number of hydrogen-bond acceptors (Lipinski definition) is 0. The van der Waals surface area contributed by atoms with Crippen LogP contribution >= 0.6 is 0 Å². The van der Waals surface area contributed by atoms with E-state index in [1.807, 2.05) is 8.85 Å². The first-order valence-corrected chi connectivity index (χ1v) is 19.0. The number of hydrogen-bond donors (Lipinski definition) is 0. The summed E-state index contributed by atoms with van der Waals surface area (Å²) in [6.45, 7) is 4.79. The van der Waals surface area contributed by atoms with E-state index >= 15 is 0 Å². The molecule has 5 aliphatic carbocycles. The molecule has 3 heteroatoms. The van der Waals surface area contributed by atoms with Crippen LogP contribution in [0.5, 0.6) is 0 Å². The van der Waals surface area contributed by atoms with Crippen molar-refractivity contribution in [2.45, 2.75) is 101 Å². The van der Waals surface area contributed by atoms with E-state index in [0.717, 1.165) is 15.5 Å². The van der Waals surface area contributed by atoms with Crippen LogP contribution in [0, 0.1) is 11.8 Å². The molecule has 3 unspecified atom stereocenters. The Labute approximate surface area is 251 Å². The molecule has 3 atom stereocenters. The summed E-state index contributed by atoms with van der Waals surface area (Å²) in [4.78, 5) is 0. The Morgan fingerprint density at radius 2 is 1.71 bits per heavy atom. The van der Waals surface area contributed by atoms with E-state index in [4.69, 9.17) is 0 Å². The predicted octanol–water partition coefficient (Wildman–Crippen LogP) is 3.88. The van der Waals surface area contributed by atoms with Gasteiger partial charge in [0.2, 0.25) is 0 Å². The fraction of sp³-hybridized carbons (Fsp3) is 0.514. The fourth-order valence-electron chi connectivity index (χ4n) is 8.17. The van der Waals surface area contributed by atoms with E-state index in [0.29, 0.717) is 0 Å². The van der Waals surface area contributed by atoms with E-state index in [2.05, 4.69) is 71.7 Å². The second-order valence-corrected chi connectivity index (χ2v) is 18.9. The summed E-state index contributed by atoms with van der Waals surface area (Å²) in [6.07, 6.45) is 30.3. The molecule has 1 fully saturated rings. The maximum atomic E-state index is 2.60. The van der Waals surface area contributed by atoms with Crippen molar-refractivity contribution < 1.29 is 46.1 Å².